The van der Waals surface area contributed by atoms with Gasteiger partial charge in [0.25, 0.3) is 5.91 Å². The lowest BCUT2D eigenvalue weighted by molar-refractivity contribution is -0.139. The van der Waals surface area contributed by atoms with E-state index >= 15 is 0 Å². The van der Waals surface area contributed by atoms with Gasteiger partial charge in [-0.25, -0.2) is 4.39 Å². The van der Waals surface area contributed by atoms with Crippen LogP contribution in [0, 0.1) is 19.7 Å². The van der Waals surface area contributed by atoms with E-state index in [9.17, 15) is 14.0 Å². The summed E-state index contributed by atoms with van der Waals surface area (Å²) < 4.78 is 19.0. The van der Waals surface area contributed by atoms with Gasteiger partial charge in [-0.05, 0) is 75.6 Å². The average molecular weight is 427 g/mol. The normalized spacial score (nSPS) is 19.4. The molecule has 0 bridgehead atoms. The maximum absolute atomic E-state index is 13.2. The van der Waals surface area contributed by atoms with Crippen molar-refractivity contribution in [1.82, 2.24) is 9.80 Å². The lowest BCUT2D eigenvalue weighted by Gasteiger charge is -2.44. The number of halogens is 1. The second-order valence-electron chi connectivity index (χ2n) is 8.58. The lowest BCUT2D eigenvalue weighted by atomic mass is 10.0. The highest BCUT2D eigenvalue weighted by atomic mass is 19.1. The van der Waals surface area contributed by atoms with E-state index in [0.29, 0.717) is 17.9 Å². The fraction of sp³-hybridized carbons (Fsp3) is 0.440. The maximum Gasteiger partial charge on any atom is 0.260 e. The van der Waals surface area contributed by atoms with Crippen molar-refractivity contribution in [3.05, 3.63) is 64.5 Å². The van der Waals surface area contributed by atoms with Crippen molar-refractivity contribution < 1.29 is 18.7 Å². The van der Waals surface area contributed by atoms with Crippen LogP contribution in [0.3, 0.4) is 0 Å². The molecule has 3 rings (SSSR count). The molecule has 2 aromatic rings. The van der Waals surface area contributed by atoms with E-state index in [-0.39, 0.29) is 36.2 Å². The number of benzene rings is 2. The van der Waals surface area contributed by atoms with E-state index < -0.39 is 0 Å². The van der Waals surface area contributed by atoms with Gasteiger partial charge in [-0.15, -0.1) is 0 Å². The number of piperazine rings is 1. The third kappa shape index (κ3) is 5.50. The number of aryl methyl sites for hydroxylation is 2. The number of Topliss-reactive ketones (excluding diaryl/α,β-unsaturated/α-hetero) is 1. The van der Waals surface area contributed by atoms with Gasteiger partial charge in [-0.2, -0.15) is 0 Å². The highest BCUT2D eigenvalue weighted by Gasteiger charge is 2.32. The zero-order chi connectivity index (χ0) is 22.7. The number of carbonyl (C=O) groups excluding carboxylic acids is 2. The summed E-state index contributed by atoms with van der Waals surface area (Å²) in [6.07, 6.45) is 0. The fourth-order valence-electron chi connectivity index (χ4n) is 4.00. The minimum Gasteiger partial charge on any atom is -0.483 e. The average Bonchev–Trinajstić information content (AvgIpc) is 2.72. The summed E-state index contributed by atoms with van der Waals surface area (Å²) in [6, 6.07) is 10.4. The number of carbonyl (C=O) groups is 2. The predicted molar refractivity (Wildman–Crippen MR) is 119 cm³/mol. The van der Waals surface area contributed by atoms with E-state index in [0.717, 1.165) is 29.8 Å². The SMILES string of the molecule is CC(=O)c1cc(C)c(C)cc1OCC(=O)N1C[C@@H](C)N(Cc2ccc(F)cc2)C[C@@H]1C. The van der Waals surface area contributed by atoms with Crippen molar-refractivity contribution in [1.29, 1.82) is 0 Å². The third-order valence-electron chi connectivity index (χ3n) is 6.06. The molecule has 31 heavy (non-hydrogen) atoms. The van der Waals surface area contributed by atoms with Gasteiger partial charge in [0.2, 0.25) is 0 Å². The number of rotatable bonds is 6. The molecule has 2 aromatic carbocycles. The van der Waals surface area contributed by atoms with E-state index in [1.807, 2.05) is 37.8 Å². The van der Waals surface area contributed by atoms with Crippen molar-refractivity contribution in [2.75, 3.05) is 19.7 Å². The Kier molecular flexibility index (Phi) is 7.11. The van der Waals surface area contributed by atoms with Gasteiger partial charge < -0.3 is 9.64 Å². The van der Waals surface area contributed by atoms with Crippen LogP contribution in [0.1, 0.15) is 47.8 Å². The maximum atomic E-state index is 13.2. The zero-order valence-corrected chi connectivity index (χ0v) is 18.9. The molecule has 0 saturated carbocycles. The first-order chi connectivity index (χ1) is 14.7. The smallest absolute Gasteiger partial charge is 0.260 e. The molecule has 0 unspecified atom stereocenters. The van der Waals surface area contributed by atoms with Gasteiger partial charge in [0.05, 0.1) is 5.56 Å². The highest BCUT2D eigenvalue weighted by molar-refractivity contribution is 5.97. The van der Waals surface area contributed by atoms with E-state index in [1.165, 1.54) is 19.1 Å². The van der Waals surface area contributed by atoms with Gasteiger partial charge in [0.1, 0.15) is 11.6 Å². The van der Waals surface area contributed by atoms with Gasteiger partial charge in [0, 0.05) is 31.7 Å². The minimum atomic E-state index is -0.239. The molecule has 166 valence electrons. The molecule has 5 nitrogen and oxygen atoms in total. The second kappa shape index (κ2) is 9.60. The third-order valence-corrected chi connectivity index (χ3v) is 6.06. The van der Waals surface area contributed by atoms with Crippen LogP contribution in [0.4, 0.5) is 4.39 Å². The van der Waals surface area contributed by atoms with Crippen LogP contribution < -0.4 is 4.74 Å². The van der Waals surface area contributed by atoms with Crippen LogP contribution in [0.2, 0.25) is 0 Å². The van der Waals surface area contributed by atoms with Crippen molar-refractivity contribution in [3.8, 4) is 5.75 Å². The van der Waals surface area contributed by atoms with Crippen LogP contribution in [-0.4, -0.2) is 53.3 Å². The van der Waals surface area contributed by atoms with Crippen LogP contribution >= 0.6 is 0 Å². The number of amides is 1. The molecule has 0 spiro atoms. The Morgan fingerprint density at radius 2 is 1.68 bits per heavy atom. The molecule has 1 fully saturated rings. The summed E-state index contributed by atoms with van der Waals surface area (Å²) in [6.45, 7) is 11.5. The first-order valence-corrected chi connectivity index (χ1v) is 10.7. The van der Waals surface area contributed by atoms with Gasteiger partial charge in [-0.3, -0.25) is 14.5 Å². The highest BCUT2D eigenvalue weighted by Crippen LogP contribution is 2.25. The van der Waals surface area contributed by atoms with E-state index in [1.54, 1.807) is 12.1 Å². The molecule has 1 heterocycles. The largest absolute Gasteiger partial charge is 0.483 e. The molecule has 0 aliphatic carbocycles. The van der Waals surface area contributed by atoms with Crippen molar-refractivity contribution in [2.24, 2.45) is 0 Å². The molecule has 0 radical (unpaired) electrons. The first-order valence-electron chi connectivity index (χ1n) is 10.7. The Morgan fingerprint density at radius 1 is 1.03 bits per heavy atom. The second-order valence-corrected chi connectivity index (χ2v) is 8.58. The van der Waals surface area contributed by atoms with Gasteiger partial charge in [0.15, 0.2) is 12.4 Å². The molecule has 1 aliphatic heterocycles. The molecule has 1 saturated heterocycles. The van der Waals surface area contributed by atoms with E-state index in [2.05, 4.69) is 11.8 Å². The number of hydrogen-bond acceptors (Lipinski definition) is 4. The molecular weight excluding hydrogens is 395 g/mol. The topological polar surface area (TPSA) is 49.9 Å². The Labute approximate surface area is 183 Å². The summed E-state index contributed by atoms with van der Waals surface area (Å²) in [4.78, 5) is 29.0. The lowest BCUT2D eigenvalue weighted by Crippen LogP contribution is -2.58. The summed E-state index contributed by atoms with van der Waals surface area (Å²) in [7, 11) is 0. The zero-order valence-electron chi connectivity index (χ0n) is 18.9. The van der Waals surface area contributed by atoms with Crippen LogP contribution in [-0.2, 0) is 11.3 Å². The molecule has 0 aromatic heterocycles. The summed E-state index contributed by atoms with van der Waals surface area (Å²) in [5.41, 5.74) is 3.59. The Balaban J connectivity index is 1.62. The first kappa shape index (κ1) is 22.9. The van der Waals surface area contributed by atoms with Crippen LogP contribution in [0.5, 0.6) is 5.75 Å². The van der Waals surface area contributed by atoms with E-state index in [4.69, 9.17) is 4.74 Å². The molecular formula is C25H31FN2O3. The minimum absolute atomic E-state index is 0.0276. The van der Waals surface area contributed by atoms with Crippen LogP contribution in [0.15, 0.2) is 36.4 Å². The standard InChI is InChI=1S/C25H31FN2O3/c1-16-10-23(20(5)29)24(11-17(16)2)31-15-25(30)28-13-18(3)27(12-19(28)4)14-21-6-8-22(26)9-7-21/h6-11,18-19H,12-15H2,1-5H3/t18-,19+/m1/s1. The fourth-order valence-corrected chi connectivity index (χ4v) is 4.00. The summed E-state index contributed by atoms with van der Waals surface area (Å²) in [5.74, 6) is 0.0485. The number of ketones is 1. The number of nitrogens with zero attached hydrogens (tertiary/aromatic N) is 2. The molecule has 2 atom stereocenters. The number of hydrogen-bond donors (Lipinski definition) is 0. The summed E-state index contributed by atoms with van der Waals surface area (Å²) in [5, 5.41) is 0. The van der Waals surface area contributed by atoms with Gasteiger partial charge in [-0.1, -0.05) is 12.1 Å². The Morgan fingerprint density at radius 3 is 2.32 bits per heavy atom. The number of ether oxygens (including phenoxy) is 1. The molecule has 0 N–H and O–H groups in total. The molecule has 1 amide bonds. The van der Waals surface area contributed by atoms with Crippen molar-refractivity contribution in [2.45, 2.75) is 53.2 Å². The Hall–Kier alpha value is -2.73. The van der Waals surface area contributed by atoms with Crippen molar-refractivity contribution in [3.63, 3.8) is 0 Å². The monoisotopic (exact) mass is 426 g/mol. The molecule has 1 aliphatic rings. The quantitative estimate of drug-likeness (QED) is 0.652. The van der Waals surface area contributed by atoms with Crippen molar-refractivity contribution >= 4 is 11.7 Å². The Bertz CT molecular complexity index is 958. The summed E-state index contributed by atoms with van der Waals surface area (Å²) >= 11 is 0. The predicted octanol–water partition coefficient (Wildman–Crippen LogP) is 4.15. The van der Waals surface area contributed by atoms with Gasteiger partial charge >= 0.3 is 0 Å². The van der Waals surface area contributed by atoms with Crippen LogP contribution in [0.25, 0.3) is 0 Å². The molecule has 6 heteroatoms.